The van der Waals surface area contributed by atoms with Crippen LogP contribution in [0.5, 0.6) is 0 Å². The number of rotatable bonds is 4. The second-order valence-electron chi connectivity index (χ2n) is 3.92. The molecule has 1 aromatic carbocycles. The van der Waals surface area contributed by atoms with Crippen LogP contribution in [0, 0.1) is 0 Å². The van der Waals surface area contributed by atoms with Crippen LogP contribution in [0.15, 0.2) is 18.2 Å². The highest BCUT2D eigenvalue weighted by molar-refractivity contribution is 9.10. The van der Waals surface area contributed by atoms with Gasteiger partial charge in [0.25, 0.3) is 0 Å². The Morgan fingerprint density at radius 1 is 1.53 bits per heavy atom. The van der Waals surface area contributed by atoms with Gasteiger partial charge in [-0.1, -0.05) is 34.5 Å². The Kier molecular flexibility index (Phi) is 5.28. The van der Waals surface area contributed by atoms with Crippen molar-refractivity contribution in [2.24, 2.45) is 0 Å². The largest absolute Gasteiger partial charge is 0.376 e. The summed E-state index contributed by atoms with van der Waals surface area (Å²) in [5.41, 5.74) is 1.66. The normalized spacial score (nSPS) is 12.1. The molecule has 0 bridgehead atoms. The number of nitrogens with zero attached hydrogens (tertiary/aromatic N) is 1. The number of hydrogen-bond acceptors (Lipinski definition) is 2. The van der Waals surface area contributed by atoms with Gasteiger partial charge >= 0.3 is 0 Å². The third-order valence-electron chi connectivity index (χ3n) is 2.34. The lowest BCUT2D eigenvalue weighted by Crippen LogP contribution is -2.23. The van der Waals surface area contributed by atoms with E-state index < -0.39 is 0 Å². The summed E-state index contributed by atoms with van der Waals surface area (Å²) in [5.74, 6) is -0.0575. The Morgan fingerprint density at radius 2 is 2.18 bits per heavy atom. The lowest BCUT2D eigenvalue weighted by Gasteiger charge is -2.19. The molecule has 5 heteroatoms. The highest BCUT2D eigenvalue weighted by Crippen LogP contribution is 2.28. The zero-order valence-corrected chi connectivity index (χ0v) is 12.5. The number of carbonyl (C=O) groups excluding carboxylic acids is 1. The summed E-state index contributed by atoms with van der Waals surface area (Å²) in [5, 5.41) is 3.48. The van der Waals surface area contributed by atoms with Gasteiger partial charge in [-0.3, -0.25) is 4.79 Å². The lowest BCUT2D eigenvalue weighted by molar-refractivity contribution is -0.115. The fourth-order valence-corrected chi connectivity index (χ4v) is 1.68. The average molecular weight is 320 g/mol. The minimum atomic E-state index is -0.184. The summed E-state index contributed by atoms with van der Waals surface area (Å²) in [6, 6.07) is 5.44. The van der Waals surface area contributed by atoms with E-state index in [1.165, 1.54) is 0 Å². The first-order chi connectivity index (χ1) is 7.95. The summed E-state index contributed by atoms with van der Waals surface area (Å²) in [6.07, 6.45) is 0.740. The van der Waals surface area contributed by atoms with E-state index in [0.717, 1.165) is 17.8 Å². The number of carbonyl (C=O) groups is 1. The first kappa shape index (κ1) is 14.3. The van der Waals surface area contributed by atoms with Gasteiger partial charge in [-0.15, -0.1) is 0 Å². The molecule has 0 aliphatic rings. The van der Waals surface area contributed by atoms with Crippen LogP contribution >= 0.6 is 27.5 Å². The number of hydrogen-bond donors (Lipinski definition) is 1. The Bertz CT molecular complexity index is 409. The molecule has 1 amide bonds. The quantitative estimate of drug-likeness (QED) is 0.861. The van der Waals surface area contributed by atoms with Crippen LogP contribution in [-0.4, -0.2) is 24.8 Å². The SMILES string of the molecule is CCC(Br)C(=O)Nc1cc(Cl)ccc1N(C)C. The van der Waals surface area contributed by atoms with E-state index in [-0.39, 0.29) is 10.7 Å². The lowest BCUT2D eigenvalue weighted by atomic mass is 10.2. The molecule has 94 valence electrons. The minimum Gasteiger partial charge on any atom is -0.376 e. The van der Waals surface area contributed by atoms with Gasteiger partial charge in [0, 0.05) is 19.1 Å². The zero-order chi connectivity index (χ0) is 13.0. The van der Waals surface area contributed by atoms with Crippen LogP contribution in [0.4, 0.5) is 11.4 Å². The van der Waals surface area contributed by atoms with Crippen LogP contribution in [0.25, 0.3) is 0 Å². The fraction of sp³-hybridized carbons (Fsp3) is 0.417. The van der Waals surface area contributed by atoms with Gasteiger partial charge in [0.2, 0.25) is 5.91 Å². The molecule has 0 heterocycles. The molecule has 0 aliphatic heterocycles. The van der Waals surface area contributed by atoms with Crippen LogP contribution in [0.1, 0.15) is 13.3 Å². The standard InChI is InChI=1S/C12H16BrClN2O/c1-4-9(13)12(17)15-10-7-8(14)5-6-11(10)16(2)3/h5-7,9H,4H2,1-3H3,(H,15,17). The third-order valence-corrected chi connectivity index (χ3v) is 3.64. The van der Waals surface area contributed by atoms with Crippen molar-refractivity contribution in [1.29, 1.82) is 0 Å². The summed E-state index contributed by atoms with van der Waals surface area (Å²) in [4.78, 5) is 13.6. The first-order valence-electron chi connectivity index (χ1n) is 5.37. The summed E-state index contributed by atoms with van der Waals surface area (Å²) < 4.78 is 0. The van der Waals surface area contributed by atoms with Gasteiger partial charge < -0.3 is 10.2 Å². The number of halogens is 2. The van der Waals surface area contributed by atoms with Crippen molar-refractivity contribution in [1.82, 2.24) is 0 Å². The molecular weight excluding hydrogens is 304 g/mol. The van der Waals surface area contributed by atoms with E-state index in [1.807, 2.05) is 32.0 Å². The summed E-state index contributed by atoms with van der Waals surface area (Å²) in [6.45, 7) is 1.95. The predicted molar refractivity (Wildman–Crippen MR) is 77.4 cm³/mol. The van der Waals surface area contributed by atoms with Crippen LogP contribution in [0.3, 0.4) is 0 Å². The zero-order valence-electron chi connectivity index (χ0n) is 10.1. The molecule has 0 fully saturated rings. The Morgan fingerprint density at radius 3 is 2.71 bits per heavy atom. The van der Waals surface area contributed by atoms with Crippen molar-refractivity contribution in [2.45, 2.75) is 18.2 Å². The Labute approximate surface area is 115 Å². The van der Waals surface area contributed by atoms with Gasteiger partial charge in [-0.05, 0) is 24.6 Å². The molecule has 1 unspecified atom stereocenters. The molecule has 1 N–H and O–H groups in total. The van der Waals surface area contributed by atoms with Crippen molar-refractivity contribution in [2.75, 3.05) is 24.3 Å². The van der Waals surface area contributed by atoms with Crippen molar-refractivity contribution in [3.63, 3.8) is 0 Å². The second-order valence-corrected chi connectivity index (χ2v) is 5.46. The maximum absolute atomic E-state index is 11.8. The molecular formula is C12H16BrClN2O. The molecule has 1 atom stereocenters. The van der Waals surface area contributed by atoms with Gasteiger partial charge in [0.05, 0.1) is 16.2 Å². The number of amides is 1. The van der Waals surface area contributed by atoms with Crippen molar-refractivity contribution < 1.29 is 4.79 Å². The van der Waals surface area contributed by atoms with Gasteiger partial charge in [0.15, 0.2) is 0 Å². The molecule has 0 saturated heterocycles. The molecule has 3 nitrogen and oxygen atoms in total. The van der Waals surface area contributed by atoms with E-state index in [9.17, 15) is 4.79 Å². The monoisotopic (exact) mass is 318 g/mol. The Hall–Kier alpha value is -0.740. The third kappa shape index (κ3) is 3.89. The first-order valence-corrected chi connectivity index (χ1v) is 6.67. The number of alkyl halides is 1. The van der Waals surface area contributed by atoms with Gasteiger partial charge in [-0.2, -0.15) is 0 Å². The van der Waals surface area contributed by atoms with E-state index in [4.69, 9.17) is 11.6 Å². The smallest absolute Gasteiger partial charge is 0.238 e. The van der Waals surface area contributed by atoms with E-state index in [0.29, 0.717) is 5.02 Å². The molecule has 0 radical (unpaired) electrons. The number of benzene rings is 1. The molecule has 1 aromatic rings. The van der Waals surface area contributed by atoms with E-state index in [1.54, 1.807) is 12.1 Å². The summed E-state index contributed by atoms with van der Waals surface area (Å²) in [7, 11) is 3.84. The number of anilines is 2. The molecule has 0 aromatic heterocycles. The second kappa shape index (κ2) is 6.26. The maximum atomic E-state index is 11.8. The van der Waals surface area contributed by atoms with Crippen LogP contribution in [0.2, 0.25) is 5.02 Å². The number of nitrogens with one attached hydrogen (secondary N) is 1. The molecule has 0 saturated carbocycles. The van der Waals surface area contributed by atoms with Gasteiger partial charge in [-0.25, -0.2) is 0 Å². The van der Waals surface area contributed by atoms with Gasteiger partial charge in [0.1, 0.15) is 0 Å². The van der Waals surface area contributed by atoms with Crippen molar-refractivity contribution >= 4 is 44.8 Å². The van der Waals surface area contributed by atoms with Crippen LogP contribution in [-0.2, 0) is 4.79 Å². The van der Waals surface area contributed by atoms with Crippen molar-refractivity contribution in [3.05, 3.63) is 23.2 Å². The highest BCUT2D eigenvalue weighted by Gasteiger charge is 2.15. The molecule has 0 spiro atoms. The molecule has 1 rings (SSSR count). The highest BCUT2D eigenvalue weighted by atomic mass is 79.9. The fourth-order valence-electron chi connectivity index (χ4n) is 1.39. The van der Waals surface area contributed by atoms with Crippen molar-refractivity contribution in [3.8, 4) is 0 Å². The van der Waals surface area contributed by atoms with E-state index in [2.05, 4.69) is 21.2 Å². The molecule has 17 heavy (non-hydrogen) atoms. The summed E-state index contributed by atoms with van der Waals surface area (Å²) >= 11 is 9.26. The Balaban J connectivity index is 2.96. The molecule has 0 aliphatic carbocycles. The topological polar surface area (TPSA) is 32.3 Å². The van der Waals surface area contributed by atoms with E-state index >= 15 is 0 Å². The van der Waals surface area contributed by atoms with Crippen LogP contribution < -0.4 is 10.2 Å². The maximum Gasteiger partial charge on any atom is 0.238 e. The minimum absolute atomic E-state index is 0.0575. The average Bonchev–Trinajstić information content (AvgIpc) is 2.27. The predicted octanol–water partition coefficient (Wildman–Crippen LogP) is 3.52.